The van der Waals surface area contributed by atoms with Gasteiger partial charge in [0.1, 0.15) is 6.10 Å². The van der Waals surface area contributed by atoms with E-state index in [2.05, 4.69) is 26.1 Å². The van der Waals surface area contributed by atoms with E-state index in [1.54, 1.807) is 0 Å². The molecule has 1 heterocycles. The Morgan fingerprint density at radius 3 is 2.76 bits per heavy atom. The van der Waals surface area contributed by atoms with Gasteiger partial charge in [0.2, 0.25) is 5.91 Å². The number of ether oxygens (including phenoxy) is 2. The number of hydrogen-bond acceptors (Lipinski definition) is 4. The average molecular weight is 298 g/mol. The number of nitrogens with two attached hydrogens (primary N) is 1. The van der Waals surface area contributed by atoms with Gasteiger partial charge in [0.15, 0.2) is 0 Å². The van der Waals surface area contributed by atoms with Crippen LogP contribution in [0.25, 0.3) is 0 Å². The van der Waals surface area contributed by atoms with Gasteiger partial charge in [-0.2, -0.15) is 0 Å². The van der Waals surface area contributed by atoms with Crippen molar-refractivity contribution < 1.29 is 14.3 Å². The van der Waals surface area contributed by atoms with E-state index in [0.29, 0.717) is 6.54 Å². The van der Waals surface area contributed by atoms with Gasteiger partial charge in [-0.15, -0.1) is 0 Å². The molecule has 21 heavy (non-hydrogen) atoms. The van der Waals surface area contributed by atoms with E-state index in [9.17, 15) is 4.79 Å². The Hall–Kier alpha value is -0.650. The monoisotopic (exact) mass is 298 g/mol. The van der Waals surface area contributed by atoms with Crippen LogP contribution in [0.2, 0.25) is 0 Å². The van der Waals surface area contributed by atoms with Crippen LogP contribution in [0.4, 0.5) is 0 Å². The Morgan fingerprint density at radius 2 is 2.19 bits per heavy atom. The molecule has 0 aromatic rings. The van der Waals surface area contributed by atoms with Crippen LogP contribution in [-0.4, -0.2) is 43.4 Å². The van der Waals surface area contributed by atoms with E-state index in [1.807, 2.05) is 0 Å². The Kier molecular flexibility index (Phi) is 5.63. The van der Waals surface area contributed by atoms with Gasteiger partial charge < -0.3 is 20.5 Å². The molecule has 5 nitrogen and oxygen atoms in total. The lowest BCUT2D eigenvalue weighted by atomic mass is 9.64. The lowest BCUT2D eigenvalue weighted by molar-refractivity contribution is -0.146. The minimum atomic E-state index is -0.325. The second-order valence-corrected chi connectivity index (χ2v) is 6.89. The summed E-state index contributed by atoms with van der Waals surface area (Å²) in [7, 11) is 0. The molecule has 1 amide bonds. The van der Waals surface area contributed by atoms with Crippen molar-refractivity contribution in [2.75, 3.05) is 13.2 Å². The third-order valence-corrected chi connectivity index (χ3v) is 4.97. The van der Waals surface area contributed by atoms with Crippen molar-refractivity contribution in [3.05, 3.63) is 0 Å². The van der Waals surface area contributed by atoms with Crippen molar-refractivity contribution in [1.29, 1.82) is 0 Å². The molecule has 1 aliphatic carbocycles. The summed E-state index contributed by atoms with van der Waals surface area (Å²) in [4.78, 5) is 12.2. The number of nitrogens with one attached hydrogen (secondary N) is 1. The summed E-state index contributed by atoms with van der Waals surface area (Å²) in [5, 5.41) is 3.13. The molecular formula is C16H30N2O3. The summed E-state index contributed by atoms with van der Waals surface area (Å²) in [6.07, 6.45) is 4.76. The molecule has 0 spiro atoms. The lowest BCUT2D eigenvalue weighted by Gasteiger charge is -2.51. The van der Waals surface area contributed by atoms with E-state index in [1.165, 1.54) is 0 Å². The predicted octanol–water partition coefficient (Wildman–Crippen LogP) is 1.59. The van der Waals surface area contributed by atoms with Gasteiger partial charge in [0, 0.05) is 24.6 Å². The first-order valence-corrected chi connectivity index (χ1v) is 8.26. The maximum Gasteiger partial charge on any atom is 0.249 e. The highest BCUT2D eigenvalue weighted by Crippen LogP contribution is 2.43. The summed E-state index contributed by atoms with van der Waals surface area (Å²) in [6, 6.07) is 0.178. The van der Waals surface area contributed by atoms with Gasteiger partial charge in [-0.05, 0) is 25.7 Å². The number of carbonyl (C=O) groups excluding carboxylic acids is 1. The molecule has 5 heteroatoms. The zero-order valence-electron chi connectivity index (χ0n) is 13.6. The van der Waals surface area contributed by atoms with Crippen molar-refractivity contribution in [3.8, 4) is 0 Å². The van der Waals surface area contributed by atoms with Gasteiger partial charge >= 0.3 is 0 Å². The molecule has 1 saturated heterocycles. The van der Waals surface area contributed by atoms with Gasteiger partial charge in [-0.1, -0.05) is 27.2 Å². The quantitative estimate of drug-likeness (QED) is 0.700. The number of hydrogen-bond donors (Lipinski definition) is 2. The van der Waals surface area contributed by atoms with Gasteiger partial charge in [-0.3, -0.25) is 4.79 Å². The topological polar surface area (TPSA) is 73.6 Å². The second kappa shape index (κ2) is 7.07. The van der Waals surface area contributed by atoms with Crippen LogP contribution in [0.1, 0.15) is 52.9 Å². The second-order valence-electron chi connectivity index (χ2n) is 6.89. The minimum Gasteiger partial charge on any atom is -0.378 e. The molecule has 4 atom stereocenters. The van der Waals surface area contributed by atoms with Gasteiger partial charge in [0.05, 0.1) is 12.2 Å². The first-order valence-electron chi connectivity index (χ1n) is 8.26. The molecule has 3 N–H and O–H groups in total. The smallest absolute Gasteiger partial charge is 0.249 e. The highest BCUT2D eigenvalue weighted by molar-refractivity contribution is 5.81. The summed E-state index contributed by atoms with van der Waals surface area (Å²) in [5.74, 6) is 0.0102. The summed E-state index contributed by atoms with van der Waals surface area (Å²) in [6.45, 7) is 7.79. The maximum atomic E-state index is 12.2. The first kappa shape index (κ1) is 16.7. The summed E-state index contributed by atoms with van der Waals surface area (Å²) in [5.41, 5.74) is 5.58. The van der Waals surface area contributed by atoms with Crippen molar-refractivity contribution in [1.82, 2.24) is 5.32 Å². The third-order valence-electron chi connectivity index (χ3n) is 4.97. The van der Waals surface area contributed by atoms with E-state index >= 15 is 0 Å². The molecule has 2 fully saturated rings. The first-order chi connectivity index (χ1) is 9.98. The average Bonchev–Trinajstić information content (AvgIpc) is 2.94. The van der Waals surface area contributed by atoms with E-state index in [4.69, 9.17) is 15.2 Å². The van der Waals surface area contributed by atoms with Crippen LogP contribution >= 0.6 is 0 Å². The minimum absolute atomic E-state index is 0.00469. The molecule has 2 rings (SSSR count). The molecule has 2 aliphatic rings. The fourth-order valence-corrected chi connectivity index (χ4v) is 3.12. The van der Waals surface area contributed by atoms with Crippen LogP contribution in [-0.2, 0) is 14.3 Å². The zero-order chi connectivity index (χ0) is 15.5. The predicted molar refractivity (Wildman–Crippen MR) is 81.9 cm³/mol. The van der Waals surface area contributed by atoms with Crippen LogP contribution in [0.3, 0.4) is 0 Å². The highest BCUT2D eigenvalue weighted by atomic mass is 16.5. The molecule has 122 valence electrons. The van der Waals surface area contributed by atoms with E-state index in [-0.39, 0.29) is 35.7 Å². The molecule has 1 saturated carbocycles. The standard InChI is InChI=1S/C16H30N2O3/c1-4-5-8-20-14-9-13(16(14,2)3)18-15(19)12-7-6-11(10-17)21-12/h11-14H,4-10,17H2,1-3H3,(H,18,19)/t11-,12+,13?,14?/m1/s1. The zero-order valence-corrected chi connectivity index (χ0v) is 13.6. The molecule has 0 radical (unpaired) electrons. The lowest BCUT2D eigenvalue weighted by Crippen LogP contribution is -2.63. The van der Waals surface area contributed by atoms with Gasteiger partial charge in [0.25, 0.3) is 0 Å². The molecule has 1 aliphatic heterocycles. The van der Waals surface area contributed by atoms with Crippen molar-refractivity contribution in [3.63, 3.8) is 0 Å². The Bertz CT molecular complexity index is 359. The molecule has 0 aromatic carbocycles. The number of rotatable bonds is 7. The van der Waals surface area contributed by atoms with Crippen LogP contribution in [0.5, 0.6) is 0 Å². The fraction of sp³-hybridized carbons (Fsp3) is 0.938. The van der Waals surface area contributed by atoms with E-state index in [0.717, 1.165) is 38.7 Å². The van der Waals surface area contributed by atoms with Crippen LogP contribution in [0, 0.1) is 5.41 Å². The van der Waals surface area contributed by atoms with Crippen molar-refractivity contribution in [2.24, 2.45) is 11.1 Å². The third kappa shape index (κ3) is 3.76. The largest absolute Gasteiger partial charge is 0.378 e. The van der Waals surface area contributed by atoms with Crippen LogP contribution in [0.15, 0.2) is 0 Å². The molecule has 0 aromatic heterocycles. The SMILES string of the molecule is CCCCOC1CC(NC(=O)[C@@H]2CC[C@H](CN)O2)C1(C)C. The molecular weight excluding hydrogens is 268 g/mol. The van der Waals surface area contributed by atoms with Gasteiger partial charge in [-0.25, -0.2) is 0 Å². The highest BCUT2D eigenvalue weighted by Gasteiger charge is 2.50. The fourth-order valence-electron chi connectivity index (χ4n) is 3.12. The Labute approximate surface area is 127 Å². The summed E-state index contributed by atoms with van der Waals surface area (Å²) >= 11 is 0. The Balaban J connectivity index is 1.75. The molecule has 0 bridgehead atoms. The number of unbranched alkanes of at least 4 members (excludes halogenated alkanes) is 1. The van der Waals surface area contributed by atoms with Crippen molar-refractivity contribution in [2.45, 2.75) is 77.2 Å². The maximum absolute atomic E-state index is 12.2. The Morgan fingerprint density at radius 1 is 1.43 bits per heavy atom. The van der Waals surface area contributed by atoms with E-state index < -0.39 is 0 Å². The number of carbonyl (C=O) groups is 1. The van der Waals surface area contributed by atoms with Crippen LogP contribution < -0.4 is 11.1 Å². The van der Waals surface area contributed by atoms with Crippen molar-refractivity contribution >= 4 is 5.91 Å². The molecule has 2 unspecified atom stereocenters. The number of amides is 1. The normalized spacial score (nSPS) is 34.5. The summed E-state index contributed by atoms with van der Waals surface area (Å²) < 4.78 is 11.6.